The van der Waals surface area contributed by atoms with Crippen molar-refractivity contribution in [3.05, 3.63) is 24.0 Å². The lowest BCUT2D eigenvalue weighted by atomic mass is 10.2. The smallest absolute Gasteiger partial charge is 0.406 e. The van der Waals surface area contributed by atoms with E-state index in [2.05, 4.69) is 4.74 Å². The number of hydrogen-bond donors (Lipinski definition) is 0. The lowest BCUT2D eigenvalue weighted by Gasteiger charge is -2.23. The highest BCUT2D eigenvalue weighted by atomic mass is 19.4. The number of carbonyl (C=O) groups excluding carboxylic acids is 2. The van der Waals surface area contributed by atoms with Crippen LogP contribution >= 0.6 is 0 Å². The number of halogens is 3. The SMILES string of the molecule is COC(=O)C1CCCN1C(=O)c1cccn1CC(F)(F)F. The zero-order valence-electron chi connectivity index (χ0n) is 11.4. The van der Waals surface area contributed by atoms with Gasteiger partial charge in [0.2, 0.25) is 0 Å². The first kappa shape index (κ1) is 15.4. The average molecular weight is 304 g/mol. The molecule has 1 aromatic rings. The molecule has 0 N–H and O–H groups in total. The molecule has 0 saturated carbocycles. The second kappa shape index (κ2) is 5.79. The summed E-state index contributed by atoms with van der Waals surface area (Å²) >= 11 is 0. The van der Waals surface area contributed by atoms with Crippen molar-refractivity contribution in [3.63, 3.8) is 0 Å². The molecule has 0 spiro atoms. The van der Waals surface area contributed by atoms with Gasteiger partial charge in [0.25, 0.3) is 5.91 Å². The summed E-state index contributed by atoms with van der Waals surface area (Å²) in [7, 11) is 1.22. The Balaban J connectivity index is 2.20. The van der Waals surface area contributed by atoms with Gasteiger partial charge in [-0.3, -0.25) is 4.79 Å². The minimum atomic E-state index is -4.42. The zero-order chi connectivity index (χ0) is 15.6. The van der Waals surface area contributed by atoms with Crippen molar-refractivity contribution in [3.8, 4) is 0 Å². The van der Waals surface area contributed by atoms with Crippen molar-refractivity contribution in [2.24, 2.45) is 0 Å². The number of methoxy groups -OCH3 is 1. The molecule has 1 aliphatic rings. The molecule has 21 heavy (non-hydrogen) atoms. The molecule has 0 bridgehead atoms. The minimum Gasteiger partial charge on any atom is -0.467 e. The molecule has 1 saturated heterocycles. The summed E-state index contributed by atoms with van der Waals surface area (Å²) < 4.78 is 42.9. The van der Waals surface area contributed by atoms with Crippen LogP contribution in [0.4, 0.5) is 13.2 Å². The van der Waals surface area contributed by atoms with Crippen LogP contribution < -0.4 is 0 Å². The Morgan fingerprint density at radius 1 is 1.43 bits per heavy atom. The standard InChI is InChI=1S/C13H15F3N2O3/c1-21-12(20)10-5-3-7-18(10)11(19)9-4-2-6-17(9)8-13(14,15)16/h2,4,6,10H,3,5,7-8H2,1H3. The van der Waals surface area contributed by atoms with Crippen molar-refractivity contribution >= 4 is 11.9 Å². The van der Waals surface area contributed by atoms with Gasteiger partial charge in [0, 0.05) is 12.7 Å². The summed E-state index contributed by atoms with van der Waals surface area (Å²) in [4.78, 5) is 25.3. The molecule has 1 amide bonds. The van der Waals surface area contributed by atoms with Gasteiger partial charge in [0.1, 0.15) is 18.3 Å². The highest BCUT2D eigenvalue weighted by Gasteiger charge is 2.37. The normalized spacial score (nSPS) is 18.9. The summed E-state index contributed by atoms with van der Waals surface area (Å²) in [5.41, 5.74) is -0.0804. The summed E-state index contributed by atoms with van der Waals surface area (Å²) in [6.45, 7) is -0.909. The summed E-state index contributed by atoms with van der Waals surface area (Å²) in [5.74, 6) is -1.13. The number of amides is 1. The molecule has 0 aromatic carbocycles. The second-order valence-electron chi connectivity index (χ2n) is 4.82. The second-order valence-corrected chi connectivity index (χ2v) is 4.82. The number of alkyl halides is 3. The highest BCUT2D eigenvalue weighted by molar-refractivity contribution is 5.96. The molecule has 8 heteroatoms. The molecule has 0 radical (unpaired) electrons. The van der Waals surface area contributed by atoms with Crippen molar-refractivity contribution in [1.82, 2.24) is 9.47 Å². The van der Waals surface area contributed by atoms with E-state index in [4.69, 9.17) is 0 Å². The van der Waals surface area contributed by atoms with Crippen LogP contribution in [-0.2, 0) is 16.1 Å². The predicted octanol–water partition coefficient (Wildman–Crippen LogP) is 1.83. The lowest BCUT2D eigenvalue weighted by molar-refractivity contribution is -0.145. The quantitative estimate of drug-likeness (QED) is 0.801. The van der Waals surface area contributed by atoms with Crippen molar-refractivity contribution in [1.29, 1.82) is 0 Å². The Morgan fingerprint density at radius 3 is 2.76 bits per heavy atom. The van der Waals surface area contributed by atoms with E-state index in [0.717, 1.165) is 4.57 Å². The molecule has 1 fully saturated rings. The third-order valence-corrected chi connectivity index (χ3v) is 3.39. The molecule has 1 unspecified atom stereocenters. The van der Waals surface area contributed by atoms with E-state index in [9.17, 15) is 22.8 Å². The summed E-state index contributed by atoms with van der Waals surface area (Å²) in [5, 5.41) is 0. The first-order chi connectivity index (χ1) is 9.83. The van der Waals surface area contributed by atoms with Crippen LogP contribution in [0.3, 0.4) is 0 Å². The minimum absolute atomic E-state index is 0.0804. The highest BCUT2D eigenvalue weighted by Crippen LogP contribution is 2.23. The monoisotopic (exact) mass is 304 g/mol. The number of carbonyl (C=O) groups is 2. The maximum Gasteiger partial charge on any atom is 0.406 e. The molecule has 1 atom stereocenters. The first-order valence-electron chi connectivity index (χ1n) is 6.44. The van der Waals surface area contributed by atoms with Crippen molar-refractivity contribution in [2.45, 2.75) is 31.6 Å². The van der Waals surface area contributed by atoms with Gasteiger partial charge in [-0.2, -0.15) is 13.2 Å². The topological polar surface area (TPSA) is 51.5 Å². The molecule has 0 aliphatic carbocycles. The van der Waals surface area contributed by atoms with E-state index in [1.54, 1.807) is 0 Å². The van der Waals surface area contributed by atoms with E-state index in [1.807, 2.05) is 0 Å². The van der Waals surface area contributed by atoms with E-state index < -0.39 is 30.6 Å². The fraction of sp³-hybridized carbons (Fsp3) is 0.538. The van der Waals surface area contributed by atoms with Crippen LogP contribution in [-0.4, -0.2) is 47.2 Å². The molecular weight excluding hydrogens is 289 g/mol. The van der Waals surface area contributed by atoms with Gasteiger partial charge in [-0.05, 0) is 25.0 Å². The van der Waals surface area contributed by atoms with Crippen LogP contribution in [0.1, 0.15) is 23.3 Å². The maximum atomic E-state index is 12.5. The summed E-state index contributed by atoms with van der Waals surface area (Å²) in [6.07, 6.45) is -2.14. The molecule has 2 rings (SSSR count). The van der Waals surface area contributed by atoms with Gasteiger partial charge in [-0.25, -0.2) is 4.79 Å². The van der Waals surface area contributed by atoms with Gasteiger partial charge in [-0.1, -0.05) is 0 Å². The fourth-order valence-electron chi connectivity index (χ4n) is 2.48. The Hall–Kier alpha value is -1.99. The molecule has 5 nitrogen and oxygen atoms in total. The van der Waals surface area contributed by atoms with Gasteiger partial charge in [-0.15, -0.1) is 0 Å². The number of esters is 1. The number of hydrogen-bond acceptors (Lipinski definition) is 3. The molecule has 1 aliphatic heterocycles. The lowest BCUT2D eigenvalue weighted by Crippen LogP contribution is -2.42. The molecule has 116 valence electrons. The molecule has 1 aromatic heterocycles. The van der Waals surface area contributed by atoms with E-state index in [0.29, 0.717) is 19.4 Å². The van der Waals surface area contributed by atoms with Crippen LogP contribution in [0.25, 0.3) is 0 Å². The molecule has 2 heterocycles. The average Bonchev–Trinajstić information content (AvgIpc) is 3.03. The van der Waals surface area contributed by atoms with Crippen molar-refractivity contribution < 1.29 is 27.5 Å². The largest absolute Gasteiger partial charge is 0.467 e. The summed E-state index contributed by atoms with van der Waals surface area (Å²) in [6, 6.07) is 1.97. The van der Waals surface area contributed by atoms with E-state index in [-0.39, 0.29) is 5.69 Å². The van der Waals surface area contributed by atoms with Crippen LogP contribution in [0.5, 0.6) is 0 Å². The van der Waals surface area contributed by atoms with Crippen molar-refractivity contribution in [2.75, 3.05) is 13.7 Å². The number of nitrogens with zero attached hydrogens (tertiary/aromatic N) is 2. The fourth-order valence-corrected chi connectivity index (χ4v) is 2.48. The third kappa shape index (κ3) is 3.37. The van der Waals surface area contributed by atoms with E-state index >= 15 is 0 Å². The van der Waals surface area contributed by atoms with Gasteiger partial charge >= 0.3 is 12.1 Å². The maximum absolute atomic E-state index is 12.5. The number of likely N-dealkylation sites (tertiary alicyclic amines) is 1. The van der Waals surface area contributed by atoms with Crippen LogP contribution in [0.15, 0.2) is 18.3 Å². The Morgan fingerprint density at radius 2 is 2.14 bits per heavy atom. The zero-order valence-corrected chi connectivity index (χ0v) is 11.4. The third-order valence-electron chi connectivity index (χ3n) is 3.39. The van der Waals surface area contributed by atoms with Crippen LogP contribution in [0.2, 0.25) is 0 Å². The Kier molecular flexibility index (Phi) is 4.24. The van der Waals surface area contributed by atoms with E-state index in [1.165, 1.54) is 30.3 Å². The molecular formula is C13H15F3N2O3. The van der Waals surface area contributed by atoms with Gasteiger partial charge < -0.3 is 14.2 Å². The number of rotatable bonds is 3. The van der Waals surface area contributed by atoms with Gasteiger partial charge in [0.05, 0.1) is 7.11 Å². The predicted molar refractivity (Wildman–Crippen MR) is 66.6 cm³/mol. The Bertz CT molecular complexity index is 539. The number of aromatic nitrogens is 1. The first-order valence-corrected chi connectivity index (χ1v) is 6.44. The van der Waals surface area contributed by atoms with Crippen LogP contribution in [0, 0.1) is 0 Å². The Labute approximate surface area is 119 Å². The number of ether oxygens (including phenoxy) is 1. The van der Waals surface area contributed by atoms with Gasteiger partial charge in [0.15, 0.2) is 0 Å².